The lowest BCUT2D eigenvalue weighted by Gasteiger charge is -2.23. The number of hydrogen-bond donors (Lipinski definition) is 0. The molecule has 4 rings (SSSR count). The Labute approximate surface area is 157 Å². The molecule has 1 aliphatic carbocycles. The van der Waals surface area contributed by atoms with Gasteiger partial charge in [-0.3, -0.25) is 9.59 Å². The Kier molecular flexibility index (Phi) is 4.17. The number of ether oxygens (including phenoxy) is 3. The minimum absolute atomic E-state index is 0.0453. The molecule has 1 aliphatic heterocycles. The van der Waals surface area contributed by atoms with E-state index >= 15 is 0 Å². The molecule has 1 heterocycles. The quantitative estimate of drug-likeness (QED) is 0.584. The minimum Gasteiger partial charge on any atom is -0.489 e. The molecule has 27 heavy (non-hydrogen) atoms. The van der Waals surface area contributed by atoms with E-state index in [1.807, 2.05) is 13.0 Å². The Balaban J connectivity index is 2.13. The minimum atomic E-state index is -0.460. The number of esters is 2. The van der Waals surface area contributed by atoms with Crippen molar-refractivity contribution in [3.8, 4) is 17.2 Å². The van der Waals surface area contributed by atoms with Gasteiger partial charge in [0.2, 0.25) is 0 Å². The first-order chi connectivity index (χ1) is 12.9. The van der Waals surface area contributed by atoms with E-state index < -0.39 is 11.9 Å². The van der Waals surface area contributed by atoms with E-state index in [9.17, 15) is 9.59 Å². The monoisotopic (exact) mass is 366 g/mol. The Morgan fingerprint density at radius 3 is 2.48 bits per heavy atom. The molecular weight excluding hydrogens is 344 g/mol. The van der Waals surface area contributed by atoms with Gasteiger partial charge < -0.3 is 14.2 Å². The molecule has 0 unspecified atom stereocenters. The van der Waals surface area contributed by atoms with Crippen molar-refractivity contribution in [2.24, 2.45) is 0 Å². The Bertz CT molecular complexity index is 1000. The van der Waals surface area contributed by atoms with E-state index in [1.54, 1.807) is 0 Å². The van der Waals surface area contributed by atoms with Gasteiger partial charge in [-0.25, -0.2) is 0 Å². The molecule has 0 bridgehead atoms. The van der Waals surface area contributed by atoms with Crippen molar-refractivity contribution in [2.45, 2.75) is 52.6 Å². The number of carbonyl (C=O) groups is 2. The van der Waals surface area contributed by atoms with Crippen LogP contribution >= 0.6 is 0 Å². The third kappa shape index (κ3) is 2.87. The van der Waals surface area contributed by atoms with Gasteiger partial charge in [-0.1, -0.05) is 12.6 Å². The van der Waals surface area contributed by atoms with Crippen molar-refractivity contribution in [1.29, 1.82) is 0 Å². The van der Waals surface area contributed by atoms with Crippen LogP contribution in [0.4, 0.5) is 0 Å². The largest absolute Gasteiger partial charge is 0.489 e. The number of carbonyl (C=O) groups excluding carboxylic acids is 2. The zero-order chi connectivity index (χ0) is 19.3. The van der Waals surface area contributed by atoms with E-state index in [4.69, 9.17) is 14.2 Å². The summed E-state index contributed by atoms with van der Waals surface area (Å²) in [6.07, 6.45) is 3.30. The molecule has 2 aromatic carbocycles. The molecule has 1 atom stereocenters. The topological polar surface area (TPSA) is 61.8 Å². The van der Waals surface area contributed by atoms with Crippen LogP contribution in [0.2, 0.25) is 0 Å². The maximum atomic E-state index is 11.9. The highest BCUT2D eigenvalue weighted by molar-refractivity contribution is 6.04. The SMILES string of the molecule is C=C1CCCc2c1ccc1c3c(c(OC(C)=O)c(OC(C)=O)c21)C[C@@H](C)O3. The van der Waals surface area contributed by atoms with Crippen molar-refractivity contribution >= 4 is 28.3 Å². The fraction of sp³-hybridized carbons (Fsp3) is 0.364. The molecule has 5 nitrogen and oxygen atoms in total. The number of aryl methyl sites for hydroxylation is 1. The highest BCUT2D eigenvalue weighted by atomic mass is 16.6. The third-order valence-electron chi connectivity index (χ3n) is 5.13. The molecule has 0 radical (unpaired) electrons. The lowest BCUT2D eigenvalue weighted by Crippen LogP contribution is -2.11. The first-order valence-electron chi connectivity index (χ1n) is 9.23. The molecule has 2 aliphatic rings. The van der Waals surface area contributed by atoms with Crippen LogP contribution in [0.1, 0.15) is 50.3 Å². The fourth-order valence-electron chi connectivity index (χ4n) is 4.16. The molecule has 5 heteroatoms. The molecule has 0 spiro atoms. The zero-order valence-electron chi connectivity index (χ0n) is 15.8. The summed E-state index contributed by atoms with van der Waals surface area (Å²) in [7, 11) is 0. The number of rotatable bonds is 2. The summed E-state index contributed by atoms with van der Waals surface area (Å²) in [5, 5.41) is 1.67. The van der Waals surface area contributed by atoms with Crippen LogP contribution < -0.4 is 14.2 Å². The summed E-state index contributed by atoms with van der Waals surface area (Å²) in [6, 6.07) is 4.06. The van der Waals surface area contributed by atoms with Gasteiger partial charge in [-0.15, -0.1) is 0 Å². The lowest BCUT2D eigenvalue weighted by atomic mass is 9.84. The average Bonchev–Trinajstić information content (AvgIpc) is 2.98. The summed E-state index contributed by atoms with van der Waals surface area (Å²) in [5.41, 5.74) is 3.98. The van der Waals surface area contributed by atoms with Gasteiger partial charge in [-0.2, -0.15) is 0 Å². The van der Waals surface area contributed by atoms with Crippen LogP contribution in [0, 0.1) is 0 Å². The number of benzene rings is 2. The smallest absolute Gasteiger partial charge is 0.308 e. The van der Waals surface area contributed by atoms with Crippen molar-refractivity contribution < 1.29 is 23.8 Å². The normalized spacial score (nSPS) is 17.9. The maximum absolute atomic E-state index is 11.9. The van der Waals surface area contributed by atoms with E-state index in [-0.39, 0.29) is 6.10 Å². The summed E-state index contributed by atoms with van der Waals surface area (Å²) < 4.78 is 17.2. The second-order valence-corrected chi connectivity index (χ2v) is 7.26. The van der Waals surface area contributed by atoms with Crippen molar-refractivity contribution in [3.63, 3.8) is 0 Å². The highest BCUT2D eigenvalue weighted by Crippen LogP contribution is 2.52. The highest BCUT2D eigenvalue weighted by Gasteiger charge is 2.33. The number of allylic oxidation sites excluding steroid dienone is 1. The van der Waals surface area contributed by atoms with Gasteiger partial charge in [0.05, 0.1) is 0 Å². The number of hydrogen-bond acceptors (Lipinski definition) is 5. The van der Waals surface area contributed by atoms with Crippen molar-refractivity contribution in [2.75, 3.05) is 0 Å². The molecule has 140 valence electrons. The molecule has 0 amide bonds. The van der Waals surface area contributed by atoms with Gasteiger partial charge in [0, 0.05) is 36.6 Å². The molecular formula is C22H22O5. The van der Waals surface area contributed by atoms with Crippen LogP contribution in [0.3, 0.4) is 0 Å². The molecule has 0 aromatic heterocycles. The van der Waals surface area contributed by atoms with E-state index in [2.05, 4.69) is 12.6 Å². The van der Waals surface area contributed by atoms with Crippen LogP contribution in [-0.2, 0) is 22.4 Å². The Hall–Kier alpha value is -2.82. The molecule has 0 saturated heterocycles. The fourth-order valence-corrected chi connectivity index (χ4v) is 4.16. The first-order valence-corrected chi connectivity index (χ1v) is 9.23. The summed E-state index contributed by atoms with van der Waals surface area (Å²) in [6.45, 7) is 8.85. The summed E-state index contributed by atoms with van der Waals surface area (Å²) >= 11 is 0. The van der Waals surface area contributed by atoms with E-state index in [1.165, 1.54) is 13.8 Å². The van der Waals surface area contributed by atoms with Gasteiger partial charge >= 0.3 is 11.9 Å². The predicted molar refractivity (Wildman–Crippen MR) is 102 cm³/mol. The number of fused-ring (bicyclic) bond motifs is 5. The van der Waals surface area contributed by atoms with Crippen LogP contribution in [0.15, 0.2) is 18.7 Å². The standard InChI is InChI=1S/C22H22O5/c1-11-6-5-7-16-15(11)8-9-17-19(16)22(27-14(4)24)21(26-13(3)23)18-10-12(2)25-20(17)18/h8-9,12H,1,5-7,10H2,2-4H3/t12-/m1/s1. The average molecular weight is 366 g/mol. The summed E-state index contributed by atoms with van der Waals surface area (Å²) in [4.78, 5) is 23.7. The third-order valence-corrected chi connectivity index (χ3v) is 5.13. The van der Waals surface area contributed by atoms with E-state index in [0.717, 1.165) is 52.3 Å². The Morgan fingerprint density at radius 2 is 1.78 bits per heavy atom. The van der Waals surface area contributed by atoms with Crippen molar-refractivity contribution in [1.82, 2.24) is 0 Å². The second-order valence-electron chi connectivity index (χ2n) is 7.26. The van der Waals surface area contributed by atoms with Crippen LogP contribution in [-0.4, -0.2) is 18.0 Å². The van der Waals surface area contributed by atoms with Gasteiger partial charge in [0.25, 0.3) is 0 Å². The van der Waals surface area contributed by atoms with Gasteiger partial charge in [0.15, 0.2) is 11.5 Å². The van der Waals surface area contributed by atoms with Gasteiger partial charge in [0.1, 0.15) is 11.9 Å². The second kappa shape index (κ2) is 6.41. The zero-order valence-corrected chi connectivity index (χ0v) is 15.8. The molecule has 0 fully saturated rings. The predicted octanol–water partition coefficient (Wildman–Crippen LogP) is 4.36. The van der Waals surface area contributed by atoms with Crippen molar-refractivity contribution in [3.05, 3.63) is 35.4 Å². The summed E-state index contributed by atoms with van der Waals surface area (Å²) in [5.74, 6) is 0.413. The lowest BCUT2D eigenvalue weighted by molar-refractivity contribution is -0.134. The molecule has 0 N–H and O–H groups in total. The van der Waals surface area contributed by atoms with E-state index in [0.29, 0.717) is 23.7 Å². The first kappa shape index (κ1) is 17.6. The molecule has 0 saturated carbocycles. The Morgan fingerprint density at radius 1 is 1.07 bits per heavy atom. The molecule has 2 aromatic rings. The van der Waals surface area contributed by atoms with Crippen LogP contribution in [0.5, 0.6) is 17.2 Å². The van der Waals surface area contributed by atoms with Crippen LogP contribution in [0.25, 0.3) is 16.3 Å². The maximum Gasteiger partial charge on any atom is 0.308 e. The van der Waals surface area contributed by atoms with Gasteiger partial charge in [-0.05, 0) is 49.0 Å².